The molecule has 174 valence electrons. The molecule has 0 N–H and O–H groups in total. The van der Waals surface area contributed by atoms with E-state index in [1.807, 2.05) is 0 Å². The topological polar surface area (TPSA) is 0 Å². The summed E-state index contributed by atoms with van der Waals surface area (Å²) >= 11 is -1.01. The van der Waals surface area contributed by atoms with Crippen molar-refractivity contribution in [1.82, 2.24) is 0 Å². The second-order valence-electron chi connectivity index (χ2n) is 9.72. The van der Waals surface area contributed by atoms with Crippen molar-refractivity contribution >= 4 is 19.8 Å². The van der Waals surface area contributed by atoms with E-state index in [0.29, 0.717) is 0 Å². The molecular formula is C28H59Sn+. The maximum atomic E-state index is 2.39. The van der Waals surface area contributed by atoms with Crippen molar-refractivity contribution in [3.63, 3.8) is 0 Å². The fourth-order valence-electron chi connectivity index (χ4n) is 4.53. The molecule has 0 bridgehead atoms. The molecule has 0 aliphatic carbocycles. The number of unbranched alkanes of at least 4 members (excludes halogenated alkanes) is 19. The molecule has 0 aromatic rings. The van der Waals surface area contributed by atoms with Crippen molar-refractivity contribution in [2.75, 3.05) is 0 Å². The Morgan fingerprint density at radius 3 is 0.828 bits per heavy atom. The van der Waals surface area contributed by atoms with E-state index in [4.69, 9.17) is 0 Å². The minimum absolute atomic E-state index is 1.01. The summed E-state index contributed by atoms with van der Waals surface area (Å²) in [5.74, 6) is 0. The predicted molar refractivity (Wildman–Crippen MR) is 139 cm³/mol. The van der Waals surface area contributed by atoms with Crippen LogP contribution in [0.5, 0.6) is 0 Å². The molecule has 0 spiro atoms. The van der Waals surface area contributed by atoms with Crippen LogP contribution in [0, 0.1) is 0 Å². The van der Waals surface area contributed by atoms with E-state index >= 15 is 0 Å². The summed E-state index contributed by atoms with van der Waals surface area (Å²) < 4.78 is 5.14. The van der Waals surface area contributed by atoms with Gasteiger partial charge in [-0.1, -0.05) is 0 Å². The molecule has 0 radical (unpaired) electrons. The van der Waals surface area contributed by atoms with Gasteiger partial charge in [-0.3, -0.25) is 0 Å². The number of rotatable bonds is 25. The van der Waals surface area contributed by atoms with Gasteiger partial charge in [0.1, 0.15) is 0 Å². The molecule has 0 saturated heterocycles. The van der Waals surface area contributed by atoms with E-state index in [1.165, 1.54) is 109 Å². The van der Waals surface area contributed by atoms with Gasteiger partial charge >= 0.3 is 195 Å². The first-order valence-electron chi connectivity index (χ1n) is 14.2. The van der Waals surface area contributed by atoms with Gasteiger partial charge in [0.2, 0.25) is 0 Å². The van der Waals surface area contributed by atoms with Crippen LogP contribution >= 0.6 is 0 Å². The predicted octanol–water partition coefficient (Wildman–Crippen LogP) is 11.1. The monoisotopic (exact) mass is 515 g/mol. The van der Waals surface area contributed by atoms with E-state index in [9.17, 15) is 0 Å². The average molecular weight is 514 g/mol. The van der Waals surface area contributed by atoms with E-state index in [1.54, 1.807) is 45.4 Å². The van der Waals surface area contributed by atoms with E-state index in [2.05, 4.69) is 20.8 Å². The van der Waals surface area contributed by atoms with Gasteiger partial charge in [0.05, 0.1) is 0 Å². The van der Waals surface area contributed by atoms with Gasteiger partial charge in [-0.2, -0.15) is 0 Å². The molecule has 0 nitrogen and oxygen atoms in total. The van der Waals surface area contributed by atoms with Gasteiger partial charge in [0.15, 0.2) is 0 Å². The van der Waals surface area contributed by atoms with Crippen LogP contribution in [-0.4, -0.2) is 19.8 Å². The second kappa shape index (κ2) is 26.8. The zero-order chi connectivity index (χ0) is 21.3. The molecule has 0 saturated carbocycles. The fourth-order valence-corrected chi connectivity index (χ4v) is 13.4. The van der Waals surface area contributed by atoms with Crippen LogP contribution in [0.25, 0.3) is 0 Å². The zero-order valence-corrected chi connectivity index (χ0v) is 24.0. The summed E-state index contributed by atoms with van der Waals surface area (Å²) in [7, 11) is 0. The molecule has 1 heteroatoms. The summed E-state index contributed by atoms with van der Waals surface area (Å²) in [6, 6.07) is 0. The SMILES string of the molecule is CCCCCCCCCCC[CH2][Sn+]([CH2]CCC)[CH2]CCCCCCCCCCC. The Morgan fingerprint density at radius 2 is 0.517 bits per heavy atom. The van der Waals surface area contributed by atoms with Gasteiger partial charge in [0, 0.05) is 0 Å². The Bertz CT molecular complexity index is 251. The summed E-state index contributed by atoms with van der Waals surface area (Å²) in [4.78, 5) is 0. The Kier molecular flexibility index (Phi) is 27.6. The van der Waals surface area contributed by atoms with Gasteiger partial charge < -0.3 is 0 Å². The maximum absolute atomic E-state index is 2.39. The third-order valence-electron chi connectivity index (χ3n) is 6.65. The van der Waals surface area contributed by atoms with Gasteiger partial charge in [-0.15, -0.1) is 0 Å². The molecule has 0 aromatic carbocycles. The zero-order valence-electron chi connectivity index (χ0n) is 21.2. The molecule has 0 atom stereocenters. The first kappa shape index (κ1) is 29.8. The Hall–Kier alpha value is 0.799. The van der Waals surface area contributed by atoms with Crippen molar-refractivity contribution < 1.29 is 0 Å². The molecule has 0 rings (SSSR count). The second-order valence-corrected chi connectivity index (χ2v) is 18.3. The molecule has 0 fully saturated rings. The van der Waals surface area contributed by atoms with Crippen LogP contribution in [0.2, 0.25) is 13.3 Å². The van der Waals surface area contributed by atoms with Crippen molar-refractivity contribution in [1.29, 1.82) is 0 Å². The van der Waals surface area contributed by atoms with Crippen LogP contribution in [0.3, 0.4) is 0 Å². The normalized spacial score (nSPS) is 11.3. The van der Waals surface area contributed by atoms with E-state index in [0.717, 1.165) is 0 Å². The van der Waals surface area contributed by atoms with Crippen LogP contribution in [0.15, 0.2) is 0 Å². The molecule has 29 heavy (non-hydrogen) atoms. The summed E-state index contributed by atoms with van der Waals surface area (Å²) in [6.07, 6.45) is 32.9. The molecule has 0 heterocycles. The van der Waals surface area contributed by atoms with E-state index < -0.39 is 19.8 Å². The molecule has 0 amide bonds. The van der Waals surface area contributed by atoms with Crippen LogP contribution in [-0.2, 0) is 0 Å². The molecular weight excluding hydrogens is 455 g/mol. The Balaban J connectivity index is 3.52. The molecule has 0 aliphatic rings. The quantitative estimate of drug-likeness (QED) is 0.0840. The molecule has 0 unspecified atom stereocenters. The third kappa shape index (κ3) is 24.9. The first-order chi connectivity index (χ1) is 14.3. The Labute approximate surface area is 194 Å². The fraction of sp³-hybridized carbons (Fsp3) is 1.00. The number of hydrogen-bond acceptors (Lipinski definition) is 0. The van der Waals surface area contributed by atoms with Crippen molar-refractivity contribution in [3.8, 4) is 0 Å². The van der Waals surface area contributed by atoms with Gasteiger partial charge in [-0.05, 0) is 0 Å². The van der Waals surface area contributed by atoms with Gasteiger partial charge in [0.25, 0.3) is 0 Å². The first-order valence-corrected chi connectivity index (χ1v) is 20.2. The van der Waals surface area contributed by atoms with Gasteiger partial charge in [-0.25, -0.2) is 0 Å². The van der Waals surface area contributed by atoms with Crippen molar-refractivity contribution in [2.24, 2.45) is 0 Å². The molecule has 0 aromatic heterocycles. The van der Waals surface area contributed by atoms with E-state index in [-0.39, 0.29) is 0 Å². The van der Waals surface area contributed by atoms with Crippen LogP contribution in [0.1, 0.15) is 162 Å². The summed E-state index contributed by atoms with van der Waals surface area (Å²) in [6.45, 7) is 7.02. The summed E-state index contributed by atoms with van der Waals surface area (Å²) in [5.41, 5.74) is 0. The standard InChI is InChI=1S/2C12H25.C4H9.Sn/c2*1-3-5-7-9-11-12-10-8-6-4-2;1-3-4-2;/h2*1,3-12H2,2H3;1,3-4H2,2H3;/q;;;+1. The Morgan fingerprint density at radius 1 is 0.276 bits per heavy atom. The molecule has 0 aliphatic heterocycles. The third-order valence-corrected chi connectivity index (χ3v) is 15.7. The van der Waals surface area contributed by atoms with Crippen molar-refractivity contribution in [2.45, 2.75) is 175 Å². The van der Waals surface area contributed by atoms with Crippen LogP contribution in [0.4, 0.5) is 0 Å². The average Bonchev–Trinajstić information content (AvgIpc) is 2.74. The number of hydrogen-bond donors (Lipinski definition) is 0. The van der Waals surface area contributed by atoms with Crippen LogP contribution < -0.4 is 0 Å². The summed E-state index contributed by atoms with van der Waals surface area (Å²) in [5, 5.41) is 0. The minimum atomic E-state index is -1.01. The van der Waals surface area contributed by atoms with Crippen molar-refractivity contribution in [3.05, 3.63) is 0 Å².